The molecule has 2 amide bonds. The zero-order chi connectivity index (χ0) is 16.6. The molecule has 7 nitrogen and oxygen atoms in total. The van der Waals surface area contributed by atoms with Crippen LogP contribution in [0.1, 0.15) is 39.5 Å². The van der Waals surface area contributed by atoms with Crippen molar-refractivity contribution in [2.45, 2.75) is 39.5 Å². The summed E-state index contributed by atoms with van der Waals surface area (Å²) in [6, 6.07) is 0. The molecular weight excluding hydrogens is 328 g/mol. The Kier molecular flexibility index (Phi) is 14.3. The van der Waals surface area contributed by atoms with Crippen LogP contribution in [0.5, 0.6) is 0 Å². The largest absolute Gasteiger partial charge is 0.448 e. The van der Waals surface area contributed by atoms with E-state index in [9.17, 15) is 14.5 Å². The van der Waals surface area contributed by atoms with Crippen LogP contribution in [0.3, 0.4) is 0 Å². The lowest BCUT2D eigenvalue weighted by molar-refractivity contribution is -0.124. The molecule has 0 heterocycles. The highest BCUT2D eigenvalue weighted by Crippen LogP contribution is 2.20. The van der Waals surface area contributed by atoms with E-state index < -0.39 is 6.09 Å². The standard InChI is InChI=1S/C13H24N2O5S2/c1-3-5-11(6-4-2)12(16)14-13(17)19-7-9-21-22-10-8-20-15-18/h11H,3-10H2,1-2H3,(H,14,16,17). The summed E-state index contributed by atoms with van der Waals surface area (Å²) in [4.78, 5) is 37.3. The van der Waals surface area contributed by atoms with Gasteiger partial charge in [-0.25, -0.2) is 4.79 Å². The van der Waals surface area contributed by atoms with Gasteiger partial charge in [-0.1, -0.05) is 48.3 Å². The van der Waals surface area contributed by atoms with E-state index >= 15 is 0 Å². The molecule has 0 aromatic rings. The molecule has 0 aliphatic carbocycles. The number of hydrogen-bond donors (Lipinski definition) is 1. The monoisotopic (exact) mass is 352 g/mol. The molecule has 22 heavy (non-hydrogen) atoms. The van der Waals surface area contributed by atoms with Crippen LogP contribution in [0.15, 0.2) is 5.34 Å². The van der Waals surface area contributed by atoms with Crippen molar-refractivity contribution in [3.8, 4) is 0 Å². The molecule has 0 saturated carbocycles. The number of rotatable bonds is 13. The van der Waals surface area contributed by atoms with Gasteiger partial charge in [0.1, 0.15) is 13.2 Å². The highest BCUT2D eigenvalue weighted by Gasteiger charge is 2.19. The van der Waals surface area contributed by atoms with Crippen molar-refractivity contribution in [2.24, 2.45) is 11.3 Å². The molecular formula is C13H24N2O5S2. The van der Waals surface area contributed by atoms with E-state index in [-0.39, 0.29) is 25.0 Å². The first kappa shape index (κ1) is 21.0. The van der Waals surface area contributed by atoms with Crippen LogP contribution in [0, 0.1) is 10.8 Å². The predicted octanol–water partition coefficient (Wildman–Crippen LogP) is 3.54. The number of imide groups is 1. The van der Waals surface area contributed by atoms with Crippen molar-refractivity contribution < 1.29 is 19.2 Å². The van der Waals surface area contributed by atoms with Crippen molar-refractivity contribution >= 4 is 33.6 Å². The first-order valence-corrected chi connectivity index (χ1v) is 9.81. The molecule has 0 unspecified atom stereocenters. The van der Waals surface area contributed by atoms with Crippen molar-refractivity contribution in [1.82, 2.24) is 5.32 Å². The maximum absolute atomic E-state index is 11.9. The van der Waals surface area contributed by atoms with Gasteiger partial charge in [-0.3, -0.25) is 10.1 Å². The van der Waals surface area contributed by atoms with Crippen molar-refractivity contribution in [3.63, 3.8) is 0 Å². The van der Waals surface area contributed by atoms with E-state index in [4.69, 9.17) is 4.74 Å². The van der Waals surface area contributed by atoms with Gasteiger partial charge in [-0.05, 0) is 12.8 Å². The van der Waals surface area contributed by atoms with E-state index in [1.807, 2.05) is 13.8 Å². The Morgan fingerprint density at radius 1 is 1.09 bits per heavy atom. The third-order valence-corrected chi connectivity index (χ3v) is 5.00. The maximum atomic E-state index is 11.9. The molecule has 128 valence electrons. The fourth-order valence-electron chi connectivity index (χ4n) is 1.74. The minimum absolute atomic E-state index is 0.126. The smallest absolute Gasteiger partial charge is 0.413 e. The van der Waals surface area contributed by atoms with Gasteiger partial charge in [0.15, 0.2) is 5.34 Å². The second-order valence-electron chi connectivity index (χ2n) is 4.45. The molecule has 0 rings (SSSR count). The number of hydrogen-bond acceptors (Lipinski definition) is 8. The molecule has 0 bridgehead atoms. The number of alkyl carbamates (subject to hydrolysis) is 1. The normalized spacial score (nSPS) is 10.3. The lowest BCUT2D eigenvalue weighted by Gasteiger charge is -2.14. The summed E-state index contributed by atoms with van der Waals surface area (Å²) < 4.78 is 4.94. The summed E-state index contributed by atoms with van der Waals surface area (Å²) in [6.45, 7) is 4.50. The summed E-state index contributed by atoms with van der Waals surface area (Å²) in [5.74, 6) is 0.832. The summed E-state index contributed by atoms with van der Waals surface area (Å²) in [5, 5.41) is 4.56. The van der Waals surface area contributed by atoms with Gasteiger partial charge >= 0.3 is 6.09 Å². The third kappa shape index (κ3) is 11.7. The number of carbonyl (C=O) groups is 2. The summed E-state index contributed by atoms with van der Waals surface area (Å²) in [7, 11) is 2.98. The lowest BCUT2D eigenvalue weighted by Crippen LogP contribution is -2.36. The Morgan fingerprint density at radius 2 is 1.68 bits per heavy atom. The van der Waals surface area contributed by atoms with Crippen molar-refractivity contribution in [3.05, 3.63) is 4.91 Å². The Balaban J connectivity index is 3.70. The summed E-state index contributed by atoms with van der Waals surface area (Å²) in [5.41, 5.74) is 0. The number of nitrogens with zero attached hydrogens (tertiary/aromatic N) is 1. The van der Waals surface area contributed by atoms with Crippen LogP contribution in [-0.4, -0.2) is 36.7 Å². The van der Waals surface area contributed by atoms with Crippen LogP contribution in [0.4, 0.5) is 4.79 Å². The van der Waals surface area contributed by atoms with Gasteiger partial charge in [-0.2, -0.15) is 0 Å². The number of carbonyl (C=O) groups excluding carboxylic acids is 2. The Labute approximate surface area is 139 Å². The van der Waals surface area contributed by atoms with E-state index in [0.29, 0.717) is 11.5 Å². The van der Waals surface area contributed by atoms with Gasteiger partial charge in [0, 0.05) is 17.4 Å². The summed E-state index contributed by atoms with van der Waals surface area (Å²) in [6.07, 6.45) is 2.67. The van der Waals surface area contributed by atoms with Crippen LogP contribution in [0.25, 0.3) is 0 Å². The van der Waals surface area contributed by atoms with Crippen LogP contribution >= 0.6 is 21.6 Å². The molecule has 0 aromatic heterocycles. The van der Waals surface area contributed by atoms with Crippen molar-refractivity contribution in [1.29, 1.82) is 0 Å². The molecule has 0 fully saturated rings. The van der Waals surface area contributed by atoms with Gasteiger partial charge in [0.05, 0.1) is 0 Å². The molecule has 0 aliphatic rings. The average Bonchev–Trinajstić information content (AvgIpc) is 2.49. The number of amides is 2. The number of ether oxygens (including phenoxy) is 1. The first-order chi connectivity index (χ1) is 10.7. The van der Waals surface area contributed by atoms with Crippen LogP contribution < -0.4 is 5.32 Å². The minimum atomic E-state index is -0.693. The Morgan fingerprint density at radius 3 is 2.23 bits per heavy atom. The fourth-order valence-corrected chi connectivity index (χ4v) is 3.38. The number of nitrogens with one attached hydrogen (secondary N) is 1. The molecule has 0 aliphatic heterocycles. The molecule has 0 atom stereocenters. The van der Waals surface area contributed by atoms with E-state index in [0.717, 1.165) is 25.7 Å². The zero-order valence-corrected chi connectivity index (χ0v) is 14.7. The van der Waals surface area contributed by atoms with Gasteiger partial charge in [-0.15, -0.1) is 4.91 Å². The van der Waals surface area contributed by atoms with E-state index in [1.165, 1.54) is 21.6 Å². The molecule has 0 radical (unpaired) electrons. The van der Waals surface area contributed by atoms with Crippen molar-refractivity contribution in [2.75, 3.05) is 24.7 Å². The van der Waals surface area contributed by atoms with Gasteiger partial charge in [0.25, 0.3) is 0 Å². The van der Waals surface area contributed by atoms with Crippen LogP contribution in [-0.2, 0) is 14.4 Å². The third-order valence-electron chi connectivity index (χ3n) is 2.66. The Bertz CT molecular complexity index is 326. The highest BCUT2D eigenvalue weighted by atomic mass is 33.1. The average molecular weight is 352 g/mol. The quantitative estimate of drug-likeness (QED) is 0.234. The van der Waals surface area contributed by atoms with E-state index in [1.54, 1.807) is 0 Å². The van der Waals surface area contributed by atoms with Gasteiger partial charge < -0.3 is 9.57 Å². The molecule has 0 spiro atoms. The lowest BCUT2D eigenvalue weighted by atomic mass is 9.97. The van der Waals surface area contributed by atoms with E-state index in [2.05, 4.69) is 15.5 Å². The summed E-state index contributed by atoms with van der Waals surface area (Å²) >= 11 is 0. The second kappa shape index (κ2) is 15.0. The molecule has 1 N–H and O–H groups in total. The zero-order valence-electron chi connectivity index (χ0n) is 13.0. The first-order valence-electron chi connectivity index (χ1n) is 7.32. The molecule has 0 saturated heterocycles. The Hall–Kier alpha value is -0.960. The van der Waals surface area contributed by atoms with Crippen LogP contribution in [0.2, 0.25) is 0 Å². The van der Waals surface area contributed by atoms with Gasteiger partial charge in [0.2, 0.25) is 5.91 Å². The topological polar surface area (TPSA) is 94.1 Å². The minimum Gasteiger partial charge on any atom is -0.448 e. The molecule has 0 aromatic carbocycles. The second-order valence-corrected chi connectivity index (χ2v) is 7.15. The molecule has 9 heteroatoms. The maximum Gasteiger partial charge on any atom is 0.413 e. The SMILES string of the molecule is CCCC(CCC)C(=O)NC(=O)OCCSSCCON=O. The highest BCUT2D eigenvalue weighted by molar-refractivity contribution is 8.76. The predicted molar refractivity (Wildman–Crippen MR) is 89.5 cm³/mol. The fraction of sp³-hybridized carbons (Fsp3) is 0.846.